The summed E-state index contributed by atoms with van der Waals surface area (Å²) >= 11 is 0. The molecular formula is C8H9NO5. The fraction of sp³-hybridized carbons (Fsp3) is 0.125. The zero-order chi connectivity index (χ0) is 11.3. The summed E-state index contributed by atoms with van der Waals surface area (Å²) in [6.45, 7) is 4.23. The Hall–Kier alpha value is -2.11. The van der Waals surface area contributed by atoms with Crippen molar-refractivity contribution < 1.29 is 19.9 Å². The Labute approximate surface area is 79.6 Å². The second-order valence-electron chi connectivity index (χ2n) is 2.41. The van der Waals surface area contributed by atoms with Gasteiger partial charge in [0.1, 0.15) is 0 Å². The lowest BCUT2D eigenvalue weighted by molar-refractivity contribution is -0.423. The first-order chi connectivity index (χ1) is 6.40. The molecule has 0 bridgehead atoms. The first-order valence-corrected chi connectivity index (χ1v) is 3.49. The van der Waals surface area contributed by atoms with E-state index in [9.17, 15) is 14.9 Å². The van der Waals surface area contributed by atoms with Crippen LogP contribution in [-0.2, 0) is 4.79 Å². The van der Waals surface area contributed by atoms with Gasteiger partial charge in [0.2, 0.25) is 0 Å². The molecule has 0 spiro atoms. The summed E-state index contributed by atoms with van der Waals surface area (Å²) in [5.74, 6) is -1.56. The van der Waals surface area contributed by atoms with E-state index in [1.54, 1.807) is 0 Å². The van der Waals surface area contributed by atoms with Gasteiger partial charge >= 0.3 is 5.70 Å². The topological polar surface area (TPSA) is 101 Å². The largest absolute Gasteiger partial charge is 0.515 e. The van der Waals surface area contributed by atoms with Crippen molar-refractivity contribution in [2.75, 3.05) is 0 Å². The van der Waals surface area contributed by atoms with Crippen molar-refractivity contribution in [1.82, 2.24) is 0 Å². The maximum atomic E-state index is 11.0. The maximum Gasteiger partial charge on any atom is 0.303 e. The SMILES string of the molecule is C=C(/C(O)=C\C(=O)C(C)=CO)[N+](=O)[O-]. The molecule has 0 saturated carbocycles. The van der Waals surface area contributed by atoms with Gasteiger partial charge in [-0.2, -0.15) is 0 Å². The molecule has 0 amide bonds. The number of nitrogens with zero attached hydrogens (tertiary/aromatic N) is 1. The van der Waals surface area contributed by atoms with E-state index in [0.29, 0.717) is 12.3 Å². The number of aliphatic hydroxyl groups is 2. The third-order valence-corrected chi connectivity index (χ3v) is 1.37. The van der Waals surface area contributed by atoms with Gasteiger partial charge in [0.15, 0.2) is 11.5 Å². The number of carbonyl (C=O) groups excluding carboxylic acids is 1. The second kappa shape index (κ2) is 4.80. The van der Waals surface area contributed by atoms with Crippen LogP contribution in [-0.4, -0.2) is 20.9 Å². The Morgan fingerprint density at radius 2 is 2.07 bits per heavy atom. The minimum atomic E-state index is -0.920. The fourth-order valence-corrected chi connectivity index (χ4v) is 0.478. The van der Waals surface area contributed by atoms with Crippen LogP contribution in [0.4, 0.5) is 0 Å². The maximum absolute atomic E-state index is 11.0. The average Bonchev–Trinajstić information content (AvgIpc) is 2.14. The highest BCUT2D eigenvalue weighted by Gasteiger charge is 2.14. The molecule has 0 aromatic rings. The summed E-state index contributed by atoms with van der Waals surface area (Å²) in [7, 11) is 0. The molecule has 0 aliphatic heterocycles. The van der Waals surface area contributed by atoms with Crippen LogP contribution < -0.4 is 0 Å². The smallest absolute Gasteiger partial charge is 0.303 e. The van der Waals surface area contributed by atoms with Crippen molar-refractivity contribution in [3.63, 3.8) is 0 Å². The minimum absolute atomic E-state index is 0.0484. The Morgan fingerprint density at radius 3 is 2.43 bits per heavy atom. The van der Waals surface area contributed by atoms with Crippen molar-refractivity contribution in [2.24, 2.45) is 0 Å². The highest BCUT2D eigenvalue weighted by atomic mass is 16.6. The lowest BCUT2D eigenvalue weighted by Gasteiger charge is -1.95. The zero-order valence-electron chi connectivity index (χ0n) is 7.43. The number of allylic oxidation sites excluding steroid dienone is 2. The Bertz CT molecular complexity index is 340. The molecular weight excluding hydrogens is 190 g/mol. The molecule has 0 rings (SSSR count). The molecule has 0 fully saturated rings. The number of carbonyl (C=O) groups is 1. The molecule has 0 saturated heterocycles. The Balaban J connectivity index is 4.78. The lowest BCUT2D eigenvalue weighted by atomic mass is 10.2. The van der Waals surface area contributed by atoms with Gasteiger partial charge in [-0.15, -0.1) is 0 Å². The molecule has 6 heteroatoms. The number of nitro groups is 1. The summed E-state index contributed by atoms with van der Waals surface area (Å²) < 4.78 is 0. The highest BCUT2D eigenvalue weighted by Crippen LogP contribution is 2.06. The summed E-state index contributed by atoms with van der Waals surface area (Å²) in [5, 5.41) is 27.5. The van der Waals surface area contributed by atoms with Gasteiger partial charge in [-0.3, -0.25) is 14.9 Å². The second-order valence-corrected chi connectivity index (χ2v) is 2.41. The molecule has 2 N–H and O–H groups in total. The molecule has 0 heterocycles. The van der Waals surface area contributed by atoms with Gasteiger partial charge in [-0.25, -0.2) is 0 Å². The van der Waals surface area contributed by atoms with E-state index in [1.165, 1.54) is 6.92 Å². The minimum Gasteiger partial charge on any atom is -0.515 e. The molecule has 0 radical (unpaired) electrons. The van der Waals surface area contributed by atoms with Crippen molar-refractivity contribution in [3.8, 4) is 0 Å². The van der Waals surface area contributed by atoms with Crippen molar-refractivity contribution in [3.05, 3.63) is 46.1 Å². The zero-order valence-corrected chi connectivity index (χ0v) is 7.43. The molecule has 0 aromatic carbocycles. The number of aliphatic hydroxyl groups excluding tert-OH is 2. The average molecular weight is 199 g/mol. The van der Waals surface area contributed by atoms with Crippen LogP contribution >= 0.6 is 0 Å². The van der Waals surface area contributed by atoms with E-state index in [4.69, 9.17) is 10.2 Å². The first-order valence-electron chi connectivity index (χ1n) is 3.49. The molecule has 0 aliphatic rings. The summed E-state index contributed by atoms with van der Waals surface area (Å²) in [6, 6.07) is 0. The van der Waals surface area contributed by atoms with Crippen LogP contribution in [0.1, 0.15) is 6.92 Å². The fourth-order valence-electron chi connectivity index (χ4n) is 0.478. The quantitative estimate of drug-likeness (QED) is 0.233. The van der Waals surface area contributed by atoms with Crippen LogP contribution in [0.25, 0.3) is 0 Å². The van der Waals surface area contributed by atoms with E-state index < -0.39 is 22.2 Å². The molecule has 0 aliphatic carbocycles. The Morgan fingerprint density at radius 1 is 1.57 bits per heavy atom. The molecule has 0 atom stereocenters. The normalized spacial score (nSPS) is 12.4. The lowest BCUT2D eigenvalue weighted by Crippen LogP contribution is -2.03. The summed E-state index contributed by atoms with van der Waals surface area (Å²) in [6.07, 6.45) is 1.16. The van der Waals surface area contributed by atoms with Crippen LogP contribution in [0.2, 0.25) is 0 Å². The van der Waals surface area contributed by atoms with Crippen molar-refractivity contribution >= 4 is 5.78 Å². The van der Waals surface area contributed by atoms with E-state index in [0.717, 1.165) is 0 Å². The Kier molecular flexibility index (Phi) is 4.08. The van der Waals surface area contributed by atoms with Gasteiger partial charge in [-0.05, 0) is 13.5 Å². The van der Waals surface area contributed by atoms with E-state index in [2.05, 4.69) is 6.58 Å². The van der Waals surface area contributed by atoms with Crippen molar-refractivity contribution in [1.29, 1.82) is 0 Å². The van der Waals surface area contributed by atoms with E-state index in [1.807, 2.05) is 0 Å². The van der Waals surface area contributed by atoms with Gasteiger partial charge in [0.25, 0.3) is 0 Å². The van der Waals surface area contributed by atoms with E-state index in [-0.39, 0.29) is 5.57 Å². The monoisotopic (exact) mass is 199 g/mol. The molecule has 0 unspecified atom stereocenters. The standard InChI is InChI=1S/C8H9NO5/c1-5(4-10)7(11)3-8(12)6(2)9(13)14/h3-4,10,12H,2H2,1H3/b5-4?,8-3+. The predicted molar refractivity (Wildman–Crippen MR) is 48.2 cm³/mol. The van der Waals surface area contributed by atoms with Crippen molar-refractivity contribution in [2.45, 2.75) is 6.92 Å². The molecule has 14 heavy (non-hydrogen) atoms. The van der Waals surface area contributed by atoms with Gasteiger partial charge in [0.05, 0.1) is 11.2 Å². The van der Waals surface area contributed by atoms with Crippen LogP contribution in [0.15, 0.2) is 35.9 Å². The number of hydrogen-bond donors (Lipinski definition) is 2. The van der Waals surface area contributed by atoms with Crippen LogP contribution in [0.3, 0.4) is 0 Å². The van der Waals surface area contributed by atoms with Crippen LogP contribution in [0, 0.1) is 10.1 Å². The highest BCUT2D eigenvalue weighted by molar-refractivity contribution is 6.03. The van der Waals surface area contributed by atoms with Crippen LogP contribution in [0.5, 0.6) is 0 Å². The third kappa shape index (κ3) is 3.10. The predicted octanol–water partition coefficient (Wildman–Crippen LogP) is 1.25. The number of hydrogen-bond acceptors (Lipinski definition) is 5. The molecule has 0 aromatic heterocycles. The number of rotatable bonds is 4. The van der Waals surface area contributed by atoms with E-state index >= 15 is 0 Å². The van der Waals surface area contributed by atoms with Gasteiger partial charge in [-0.1, -0.05) is 0 Å². The summed E-state index contributed by atoms with van der Waals surface area (Å²) in [5.41, 5.74) is -0.822. The summed E-state index contributed by atoms with van der Waals surface area (Å²) in [4.78, 5) is 20.2. The van der Waals surface area contributed by atoms with Gasteiger partial charge in [0, 0.05) is 11.6 Å². The number of ketones is 1. The molecule has 6 nitrogen and oxygen atoms in total. The first kappa shape index (κ1) is 11.9. The van der Waals surface area contributed by atoms with Gasteiger partial charge < -0.3 is 10.2 Å². The third-order valence-electron chi connectivity index (χ3n) is 1.37. The molecule has 76 valence electrons.